The Bertz CT molecular complexity index is 1970. The normalized spacial score (nSPS) is 23.0. The van der Waals surface area contributed by atoms with Gasteiger partial charge in [0.1, 0.15) is 22.0 Å². The number of thiophene rings is 2. The molecule has 2 aromatic rings. The van der Waals surface area contributed by atoms with E-state index in [1.165, 1.54) is 31.3 Å². The van der Waals surface area contributed by atoms with Crippen LogP contribution in [0, 0.1) is 46.3 Å². The van der Waals surface area contributed by atoms with Gasteiger partial charge in [0.05, 0.1) is 53.5 Å². The Balaban J connectivity index is 0.000000231. The standard InChI is InChI=1S/C24H33NO5S.C23H31NO5S/c1-24(2,3)12-10-17-14-18(21(31-17)23(28)29-4)25-19(16-8-6-5-7-9-16)15-30-20(11-13-26)22(25)27;1-23(2,3)11-9-16-13-17(20(30-16)22(27)28)24-18(15-7-5-4-6-8-15)14-29-19(10-12-25)21(24)26/h14,16,19-20,26H,5-9,11,13,15H2,1-4H3;13,15,18-19,25H,4-8,10,12,14H2,1-3H3,(H,27,28)/t19-,20+;18-,19+/m00/s1. The predicted octanol–water partition coefficient (Wildman–Crippen LogP) is 7.90. The van der Waals surface area contributed by atoms with Crippen molar-refractivity contribution < 1.29 is 48.7 Å². The van der Waals surface area contributed by atoms with Gasteiger partial charge in [-0.3, -0.25) is 9.59 Å². The number of morpholine rings is 2. The minimum Gasteiger partial charge on any atom is -0.477 e. The second-order valence-corrected chi connectivity index (χ2v) is 20.6. The number of rotatable bonds is 10. The highest BCUT2D eigenvalue weighted by Gasteiger charge is 2.44. The molecule has 0 spiro atoms. The summed E-state index contributed by atoms with van der Waals surface area (Å²) >= 11 is 2.37. The van der Waals surface area contributed by atoms with E-state index in [1.54, 1.807) is 15.9 Å². The maximum atomic E-state index is 13.5. The molecule has 2 saturated carbocycles. The molecule has 12 nitrogen and oxygen atoms in total. The van der Waals surface area contributed by atoms with Gasteiger partial charge >= 0.3 is 11.9 Å². The molecule has 2 amide bonds. The number of anilines is 2. The lowest BCUT2D eigenvalue weighted by atomic mass is 9.82. The van der Waals surface area contributed by atoms with Crippen molar-refractivity contribution in [3.8, 4) is 23.7 Å². The van der Waals surface area contributed by atoms with Crippen molar-refractivity contribution in [3.63, 3.8) is 0 Å². The highest BCUT2D eigenvalue weighted by Crippen LogP contribution is 2.41. The number of carboxylic acid groups (broad SMARTS) is 1. The molecule has 2 aromatic heterocycles. The Morgan fingerprint density at radius 3 is 1.46 bits per heavy atom. The first kappa shape index (κ1) is 48.3. The molecule has 0 bridgehead atoms. The number of amides is 2. The van der Waals surface area contributed by atoms with E-state index in [-0.39, 0.29) is 71.6 Å². The van der Waals surface area contributed by atoms with Gasteiger partial charge in [-0.05, 0) is 91.2 Å². The van der Waals surface area contributed by atoms with Gasteiger partial charge in [0, 0.05) is 36.9 Å². The Morgan fingerprint density at radius 1 is 0.705 bits per heavy atom. The SMILES string of the molecule is CC(C)(C)C#Cc1cc(N2C(=O)[C@@H](CCO)OC[C@H]2C2CCCCC2)c(C(=O)O)s1.COC(=O)c1sc(C#CC(C)(C)C)cc1N1C(=O)[C@@H](CCO)OC[C@H]1C1CCCCC1. The number of nitrogens with zero attached hydrogens (tertiary/aromatic N) is 2. The average Bonchev–Trinajstić information content (AvgIpc) is 3.86. The molecule has 2 saturated heterocycles. The van der Waals surface area contributed by atoms with E-state index >= 15 is 0 Å². The molecule has 2 aliphatic heterocycles. The second kappa shape index (κ2) is 21.5. The van der Waals surface area contributed by atoms with Crippen LogP contribution in [0.25, 0.3) is 0 Å². The van der Waals surface area contributed by atoms with Crippen LogP contribution in [0.3, 0.4) is 0 Å². The van der Waals surface area contributed by atoms with Crippen LogP contribution in [0.5, 0.6) is 0 Å². The van der Waals surface area contributed by atoms with Gasteiger partial charge in [-0.25, -0.2) is 9.59 Å². The van der Waals surface area contributed by atoms with Crippen LogP contribution in [-0.2, 0) is 23.8 Å². The highest BCUT2D eigenvalue weighted by molar-refractivity contribution is 7.15. The van der Waals surface area contributed by atoms with Crippen molar-refractivity contribution in [2.75, 3.05) is 43.3 Å². The number of hydrogen-bond acceptors (Lipinski definition) is 11. The summed E-state index contributed by atoms with van der Waals surface area (Å²) in [5.74, 6) is 11.2. The zero-order valence-electron chi connectivity index (χ0n) is 36.8. The number of esters is 1. The summed E-state index contributed by atoms with van der Waals surface area (Å²) < 4.78 is 16.7. The molecule has 0 unspecified atom stereocenters. The molecule has 3 N–H and O–H groups in total. The van der Waals surface area contributed by atoms with Gasteiger partial charge in [-0.15, -0.1) is 22.7 Å². The van der Waals surface area contributed by atoms with Crippen LogP contribution in [0.4, 0.5) is 11.4 Å². The molecule has 0 radical (unpaired) electrons. The lowest BCUT2D eigenvalue weighted by molar-refractivity contribution is -0.139. The highest BCUT2D eigenvalue weighted by atomic mass is 32.1. The third-order valence-electron chi connectivity index (χ3n) is 11.4. The first-order chi connectivity index (χ1) is 29.0. The van der Waals surface area contributed by atoms with Gasteiger partial charge in [0.25, 0.3) is 11.8 Å². The quantitative estimate of drug-likeness (QED) is 0.158. The number of carboxylic acids is 1. The van der Waals surface area contributed by atoms with Crippen LogP contribution in [0.2, 0.25) is 0 Å². The Morgan fingerprint density at radius 2 is 1.10 bits per heavy atom. The van der Waals surface area contributed by atoms with Crippen molar-refractivity contribution in [2.24, 2.45) is 22.7 Å². The van der Waals surface area contributed by atoms with E-state index < -0.39 is 24.1 Å². The largest absolute Gasteiger partial charge is 0.477 e. The van der Waals surface area contributed by atoms with Gasteiger partial charge in [0.2, 0.25) is 0 Å². The summed E-state index contributed by atoms with van der Waals surface area (Å²) in [6, 6.07) is 3.25. The number of aromatic carboxylic acids is 1. The zero-order chi connectivity index (χ0) is 44.5. The molecule has 61 heavy (non-hydrogen) atoms. The predicted molar refractivity (Wildman–Crippen MR) is 238 cm³/mol. The fraction of sp³-hybridized carbons (Fsp3) is 0.660. The lowest BCUT2D eigenvalue weighted by Crippen LogP contribution is -2.57. The molecule has 4 aliphatic rings. The van der Waals surface area contributed by atoms with Crippen LogP contribution in [0.1, 0.15) is 148 Å². The van der Waals surface area contributed by atoms with E-state index in [9.17, 15) is 34.5 Å². The molecule has 6 rings (SSSR count). The molecule has 4 heterocycles. The summed E-state index contributed by atoms with van der Waals surface area (Å²) in [6.07, 6.45) is 9.97. The summed E-state index contributed by atoms with van der Waals surface area (Å²) in [5.41, 5.74) is 0.583. The smallest absolute Gasteiger partial charge is 0.350 e. The Hall–Kier alpha value is -3.76. The van der Waals surface area contributed by atoms with E-state index in [2.05, 4.69) is 23.7 Å². The first-order valence-electron chi connectivity index (χ1n) is 21.7. The minimum atomic E-state index is -1.06. The number of hydrogen-bond donors (Lipinski definition) is 3. The summed E-state index contributed by atoms with van der Waals surface area (Å²) in [5, 5.41) is 28.6. The van der Waals surface area contributed by atoms with Crippen LogP contribution >= 0.6 is 22.7 Å². The molecule has 2 aliphatic carbocycles. The third-order valence-corrected chi connectivity index (χ3v) is 13.5. The molecule has 14 heteroatoms. The number of methoxy groups -OCH3 is 1. The van der Waals surface area contributed by atoms with Crippen molar-refractivity contribution in [2.45, 2.75) is 143 Å². The fourth-order valence-electron chi connectivity index (χ4n) is 8.47. The molecule has 4 atom stereocenters. The van der Waals surface area contributed by atoms with Crippen molar-refractivity contribution in [1.29, 1.82) is 0 Å². The third kappa shape index (κ3) is 12.7. The second-order valence-electron chi connectivity index (χ2n) is 18.5. The van der Waals surface area contributed by atoms with Crippen molar-refractivity contribution in [3.05, 3.63) is 31.6 Å². The number of ether oxygens (including phenoxy) is 3. The maximum Gasteiger partial charge on any atom is 0.350 e. The van der Waals surface area contributed by atoms with Gasteiger partial charge in [0.15, 0.2) is 0 Å². The number of aliphatic hydroxyl groups is 2. The summed E-state index contributed by atoms with van der Waals surface area (Å²) in [7, 11) is 1.35. The number of carbonyl (C=O) groups is 4. The fourth-order valence-corrected chi connectivity index (χ4v) is 10.2. The first-order valence-corrected chi connectivity index (χ1v) is 23.4. The van der Waals surface area contributed by atoms with Gasteiger partial charge < -0.3 is 39.3 Å². The summed E-state index contributed by atoms with van der Waals surface area (Å²) in [4.78, 5) is 56.7. The number of aliphatic hydroxyl groups excluding tert-OH is 2. The minimum absolute atomic E-state index is 0.131. The molecular formula is C47H64N2O10S2. The van der Waals surface area contributed by atoms with Gasteiger partial charge in [-0.1, -0.05) is 62.2 Å². The Kier molecular flexibility index (Phi) is 17.1. The maximum absolute atomic E-state index is 13.5. The lowest BCUT2D eigenvalue weighted by Gasteiger charge is -2.43. The van der Waals surface area contributed by atoms with Crippen LogP contribution < -0.4 is 9.80 Å². The van der Waals surface area contributed by atoms with E-state index in [0.29, 0.717) is 40.3 Å². The number of carbonyl (C=O) groups excluding carboxylic acids is 3. The van der Waals surface area contributed by atoms with Crippen molar-refractivity contribution in [1.82, 2.24) is 0 Å². The Labute approximate surface area is 369 Å². The topological polar surface area (TPSA) is 163 Å². The van der Waals surface area contributed by atoms with E-state index in [0.717, 1.165) is 67.6 Å². The van der Waals surface area contributed by atoms with Crippen molar-refractivity contribution >= 4 is 57.8 Å². The monoisotopic (exact) mass is 880 g/mol. The summed E-state index contributed by atoms with van der Waals surface area (Å²) in [6.45, 7) is 12.5. The van der Waals surface area contributed by atoms with Gasteiger partial charge in [-0.2, -0.15) is 0 Å². The molecule has 0 aromatic carbocycles. The van der Waals surface area contributed by atoms with Crippen LogP contribution in [0.15, 0.2) is 12.1 Å². The molecule has 334 valence electrons. The molecule has 4 fully saturated rings. The average molecular weight is 881 g/mol. The molecular weight excluding hydrogens is 817 g/mol. The van der Waals surface area contributed by atoms with E-state index in [1.807, 2.05) is 47.6 Å². The van der Waals surface area contributed by atoms with Crippen LogP contribution in [-0.4, -0.2) is 96.9 Å². The van der Waals surface area contributed by atoms with E-state index in [4.69, 9.17) is 14.2 Å². The zero-order valence-corrected chi connectivity index (χ0v) is 38.5.